The van der Waals surface area contributed by atoms with E-state index >= 15 is 0 Å². The van der Waals surface area contributed by atoms with Crippen LogP contribution in [0, 0.1) is 0 Å². The number of para-hydroxylation sites is 2. The van der Waals surface area contributed by atoms with Crippen molar-refractivity contribution in [3.63, 3.8) is 0 Å². The van der Waals surface area contributed by atoms with Gasteiger partial charge in [0, 0.05) is 24.3 Å². The second-order valence-corrected chi connectivity index (χ2v) is 8.84. The Kier molecular flexibility index (Phi) is 5.57. The van der Waals surface area contributed by atoms with Crippen LogP contribution in [0.25, 0.3) is 11.0 Å². The molecule has 0 saturated heterocycles. The molecule has 5 rings (SSSR count). The normalized spacial score (nSPS) is 15.6. The van der Waals surface area contributed by atoms with E-state index in [1.165, 1.54) is 5.56 Å². The fourth-order valence-electron chi connectivity index (χ4n) is 4.46. The van der Waals surface area contributed by atoms with Gasteiger partial charge in [-0.05, 0) is 53.3 Å². The fraction of sp³-hybridized carbons (Fsp3) is 0.280. The molecule has 1 aliphatic rings. The number of imidazole rings is 1. The molecule has 0 bridgehead atoms. The Balaban J connectivity index is 1.43. The zero-order valence-corrected chi connectivity index (χ0v) is 18.9. The van der Waals surface area contributed by atoms with Crippen LogP contribution < -0.4 is 9.47 Å². The predicted octanol–water partition coefficient (Wildman–Crippen LogP) is 4.75. The molecule has 164 valence electrons. The van der Waals surface area contributed by atoms with Crippen LogP contribution >= 0.6 is 11.3 Å². The topological polar surface area (TPSA) is 67.5 Å². The Labute approximate surface area is 190 Å². The average Bonchev–Trinajstić information content (AvgIpc) is 3.50. The highest BCUT2D eigenvalue weighted by molar-refractivity contribution is 7.10. The Morgan fingerprint density at radius 1 is 1.16 bits per heavy atom. The molecule has 0 aliphatic carbocycles. The molecule has 2 aromatic heterocycles. The zero-order valence-electron chi connectivity index (χ0n) is 18.1. The Bertz CT molecular complexity index is 1220. The molecule has 1 atom stereocenters. The van der Waals surface area contributed by atoms with Crippen LogP contribution in [-0.2, 0) is 17.6 Å². The highest BCUT2D eigenvalue weighted by Crippen LogP contribution is 2.42. The van der Waals surface area contributed by atoms with Gasteiger partial charge in [0.1, 0.15) is 5.82 Å². The predicted molar refractivity (Wildman–Crippen MR) is 126 cm³/mol. The minimum Gasteiger partial charge on any atom is -0.493 e. The van der Waals surface area contributed by atoms with Gasteiger partial charge in [-0.15, -0.1) is 11.3 Å². The number of H-pyrrole nitrogens is 1. The van der Waals surface area contributed by atoms with Gasteiger partial charge in [0.05, 0.1) is 31.3 Å². The average molecular weight is 448 g/mol. The molecule has 1 N–H and O–H groups in total. The van der Waals surface area contributed by atoms with E-state index in [1.54, 1.807) is 25.6 Å². The summed E-state index contributed by atoms with van der Waals surface area (Å²) in [4.78, 5) is 24.5. The standard InChI is InChI=1S/C25H25N3O3S/c1-30-20-14-16-11-12-28(25(22-8-5-13-32-22)17(16)15-21(20)31-2)24(29)10-9-23-26-18-6-3-4-7-19(18)27-23/h3-8,13-15,25H,9-12H2,1-2H3,(H,26,27)/t25-/m1/s1. The number of benzene rings is 2. The molecule has 1 amide bonds. The lowest BCUT2D eigenvalue weighted by Gasteiger charge is -2.37. The quantitative estimate of drug-likeness (QED) is 0.463. The van der Waals surface area contributed by atoms with E-state index in [-0.39, 0.29) is 11.9 Å². The maximum Gasteiger partial charge on any atom is 0.223 e. The van der Waals surface area contributed by atoms with E-state index in [0.29, 0.717) is 25.1 Å². The summed E-state index contributed by atoms with van der Waals surface area (Å²) in [7, 11) is 3.29. The minimum atomic E-state index is -0.123. The number of rotatable bonds is 6. The zero-order chi connectivity index (χ0) is 22.1. The number of nitrogens with zero attached hydrogens (tertiary/aromatic N) is 2. The monoisotopic (exact) mass is 447 g/mol. The molecule has 0 fully saturated rings. The van der Waals surface area contributed by atoms with E-state index < -0.39 is 0 Å². The molecule has 0 radical (unpaired) electrons. The number of amides is 1. The summed E-state index contributed by atoms with van der Waals surface area (Å²) in [6.45, 7) is 0.671. The van der Waals surface area contributed by atoms with Gasteiger partial charge < -0.3 is 19.4 Å². The van der Waals surface area contributed by atoms with E-state index in [2.05, 4.69) is 21.4 Å². The highest BCUT2D eigenvalue weighted by atomic mass is 32.1. The number of aryl methyl sites for hydroxylation is 1. The Morgan fingerprint density at radius 2 is 1.97 bits per heavy atom. The molecule has 4 aromatic rings. The minimum absolute atomic E-state index is 0.123. The first kappa shape index (κ1) is 20.6. The Morgan fingerprint density at radius 3 is 2.72 bits per heavy atom. The van der Waals surface area contributed by atoms with Crippen molar-refractivity contribution in [2.75, 3.05) is 20.8 Å². The van der Waals surface area contributed by atoms with Crippen LogP contribution in [-0.4, -0.2) is 41.5 Å². The maximum atomic E-state index is 13.4. The number of nitrogens with one attached hydrogen (secondary N) is 1. The second kappa shape index (κ2) is 8.67. The number of hydrogen-bond donors (Lipinski definition) is 1. The molecule has 0 saturated carbocycles. The summed E-state index contributed by atoms with van der Waals surface area (Å²) in [6, 6.07) is 16.0. The van der Waals surface area contributed by atoms with Gasteiger partial charge >= 0.3 is 0 Å². The number of aromatic amines is 1. The third-order valence-corrected chi connectivity index (χ3v) is 6.95. The molecule has 2 aromatic carbocycles. The van der Waals surface area contributed by atoms with Crippen LogP contribution in [0.3, 0.4) is 0 Å². The van der Waals surface area contributed by atoms with Crippen LogP contribution in [0.2, 0.25) is 0 Å². The van der Waals surface area contributed by atoms with Gasteiger partial charge in [-0.1, -0.05) is 18.2 Å². The van der Waals surface area contributed by atoms with Crippen molar-refractivity contribution in [1.29, 1.82) is 0 Å². The van der Waals surface area contributed by atoms with E-state index in [0.717, 1.165) is 39.5 Å². The molecule has 32 heavy (non-hydrogen) atoms. The lowest BCUT2D eigenvalue weighted by atomic mass is 9.90. The third-order valence-electron chi connectivity index (χ3n) is 6.02. The van der Waals surface area contributed by atoms with Crippen LogP contribution in [0.1, 0.15) is 34.3 Å². The number of fused-ring (bicyclic) bond motifs is 2. The Hall–Kier alpha value is -3.32. The van der Waals surface area contributed by atoms with E-state index in [9.17, 15) is 4.79 Å². The summed E-state index contributed by atoms with van der Waals surface area (Å²) >= 11 is 1.67. The first-order chi connectivity index (χ1) is 15.7. The molecular formula is C25H25N3O3S. The maximum absolute atomic E-state index is 13.4. The molecular weight excluding hydrogens is 422 g/mol. The number of carbonyl (C=O) groups excluding carboxylic acids is 1. The van der Waals surface area contributed by atoms with Crippen molar-refractivity contribution in [3.8, 4) is 11.5 Å². The van der Waals surface area contributed by atoms with E-state index in [1.807, 2.05) is 47.4 Å². The van der Waals surface area contributed by atoms with Crippen LogP contribution in [0.15, 0.2) is 53.9 Å². The van der Waals surface area contributed by atoms with Crippen molar-refractivity contribution < 1.29 is 14.3 Å². The molecule has 7 heteroatoms. The van der Waals surface area contributed by atoms with Crippen molar-refractivity contribution >= 4 is 28.3 Å². The van der Waals surface area contributed by atoms with E-state index in [4.69, 9.17) is 9.47 Å². The van der Waals surface area contributed by atoms with Gasteiger partial charge in [-0.3, -0.25) is 4.79 Å². The first-order valence-corrected chi connectivity index (χ1v) is 11.6. The SMILES string of the molecule is COc1cc2c(cc1OC)[C@H](c1cccs1)N(C(=O)CCc1nc3ccccc3[nH]1)CC2. The molecule has 0 spiro atoms. The summed E-state index contributed by atoms with van der Waals surface area (Å²) in [5.74, 6) is 2.38. The molecule has 1 aliphatic heterocycles. The van der Waals surface area contributed by atoms with Crippen LogP contribution in [0.5, 0.6) is 11.5 Å². The summed E-state index contributed by atoms with van der Waals surface area (Å²) < 4.78 is 11.1. The van der Waals surface area contributed by atoms with Gasteiger partial charge in [0.2, 0.25) is 5.91 Å². The lowest BCUT2D eigenvalue weighted by Crippen LogP contribution is -2.40. The number of carbonyl (C=O) groups is 1. The van der Waals surface area contributed by atoms with Crippen molar-refractivity contribution in [2.45, 2.75) is 25.3 Å². The number of hydrogen-bond acceptors (Lipinski definition) is 5. The molecule has 3 heterocycles. The second-order valence-electron chi connectivity index (χ2n) is 7.86. The number of methoxy groups -OCH3 is 2. The van der Waals surface area contributed by atoms with Crippen molar-refractivity contribution in [2.24, 2.45) is 0 Å². The van der Waals surface area contributed by atoms with Crippen molar-refractivity contribution in [3.05, 3.63) is 75.7 Å². The summed E-state index contributed by atoms with van der Waals surface area (Å²) in [6.07, 6.45) is 1.78. The molecule has 6 nitrogen and oxygen atoms in total. The smallest absolute Gasteiger partial charge is 0.223 e. The fourth-order valence-corrected chi connectivity index (χ4v) is 5.32. The van der Waals surface area contributed by atoms with Gasteiger partial charge in [0.25, 0.3) is 0 Å². The lowest BCUT2D eigenvalue weighted by molar-refractivity contribution is -0.133. The summed E-state index contributed by atoms with van der Waals surface area (Å²) in [5, 5.41) is 2.06. The van der Waals surface area contributed by atoms with Gasteiger partial charge in [-0.2, -0.15) is 0 Å². The molecule has 0 unspecified atom stereocenters. The van der Waals surface area contributed by atoms with Crippen LogP contribution in [0.4, 0.5) is 0 Å². The first-order valence-electron chi connectivity index (χ1n) is 10.7. The third kappa shape index (κ3) is 3.73. The van der Waals surface area contributed by atoms with Gasteiger partial charge in [-0.25, -0.2) is 4.98 Å². The van der Waals surface area contributed by atoms with Gasteiger partial charge in [0.15, 0.2) is 11.5 Å². The highest BCUT2D eigenvalue weighted by Gasteiger charge is 2.33. The summed E-state index contributed by atoms with van der Waals surface area (Å²) in [5.41, 5.74) is 4.23. The number of thiophene rings is 1. The number of aromatic nitrogens is 2. The number of ether oxygens (including phenoxy) is 2. The largest absolute Gasteiger partial charge is 0.493 e. The van der Waals surface area contributed by atoms with Crippen molar-refractivity contribution in [1.82, 2.24) is 14.9 Å².